The van der Waals surface area contributed by atoms with E-state index in [1.807, 2.05) is 17.5 Å². The molecule has 6 nitrogen and oxygen atoms in total. The van der Waals surface area contributed by atoms with E-state index in [4.69, 9.17) is 5.73 Å². The van der Waals surface area contributed by atoms with Gasteiger partial charge in [0.1, 0.15) is 0 Å². The monoisotopic (exact) mass is 386 g/mol. The van der Waals surface area contributed by atoms with Crippen molar-refractivity contribution in [2.24, 2.45) is 5.73 Å². The van der Waals surface area contributed by atoms with E-state index >= 15 is 0 Å². The molecule has 1 aromatic carbocycles. The highest BCUT2D eigenvalue weighted by Gasteiger charge is 2.18. The molecule has 1 aliphatic heterocycles. The summed E-state index contributed by atoms with van der Waals surface area (Å²) in [6.07, 6.45) is 2.75. The topological polar surface area (TPSA) is 87.5 Å². The molecule has 0 spiro atoms. The summed E-state index contributed by atoms with van der Waals surface area (Å²) in [4.78, 5) is 26.9. The van der Waals surface area contributed by atoms with Crippen molar-refractivity contribution in [1.29, 1.82) is 0 Å². The second-order valence-corrected chi connectivity index (χ2v) is 7.84. The van der Waals surface area contributed by atoms with Crippen LogP contribution in [0.4, 0.5) is 4.79 Å². The van der Waals surface area contributed by atoms with Gasteiger partial charge in [-0.2, -0.15) is 0 Å². The van der Waals surface area contributed by atoms with Crippen molar-refractivity contribution < 1.29 is 9.59 Å². The van der Waals surface area contributed by atoms with Crippen LogP contribution in [0.1, 0.15) is 41.3 Å². The lowest BCUT2D eigenvalue weighted by atomic mass is 10.1. The van der Waals surface area contributed by atoms with E-state index in [1.165, 1.54) is 42.8 Å². The molecule has 3 rings (SSSR count). The van der Waals surface area contributed by atoms with E-state index < -0.39 is 12.1 Å². The molecule has 0 aliphatic carbocycles. The molecule has 0 bridgehead atoms. The lowest BCUT2D eigenvalue weighted by Gasteiger charge is -2.16. The van der Waals surface area contributed by atoms with E-state index in [0.29, 0.717) is 6.54 Å². The minimum absolute atomic E-state index is 0.122. The second-order valence-electron chi connectivity index (χ2n) is 6.86. The molecule has 1 fully saturated rings. The van der Waals surface area contributed by atoms with E-state index in [-0.39, 0.29) is 12.3 Å². The highest BCUT2D eigenvalue weighted by atomic mass is 32.1. The fourth-order valence-electron chi connectivity index (χ4n) is 3.30. The summed E-state index contributed by atoms with van der Waals surface area (Å²) >= 11 is 1.49. The number of likely N-dealkylation sites (tertiary alicyclic amines) is 1. The van der Waals surface area contributed by atoms with E-state index in [1.54, 1.807) is 0 Å². The van der Waals surface area contributed by atoms with Gasteiger partial charge in [-0.15, -0.1) is 11.3 Å². The van der Waals surface area contributed by atoms with Crippen LogP contribution in [-0.2, 0) is 17.9 Å². The van der Waals surface area contributed by atoms with Crippen LogP contribution in [0.5, 0.6) is 0 Å². The van der Waals surface area contributed by atoms with Crippen LogP contribution in [-0.4, -0.2) is 29.9 Å². The van der Waals surface area contributed by atoms with Crippen molar-refractivity contribution >= 4 is 23.3 Å². The first kappa shape index (κ1) is 19.4. The maximum absolute atomic E-state index is 12.3. The molecule has 1 aliphatic rings. The van der Waals surface area contributed by atoms with Crippen LogP contribution in [0.15, 0.2) is 41.8 Å². The lowest BCUT2D eigenvalue weighted by molar-refractivity contribution is -0.121. The van der Waals surface area contributed by atoms with Crippen LogP contribution in [0.3, 0.4) is 0 Å². The zero-order valence-corrected chi connectivity index (χ0v) is 16.1. The molecule has 0 saturated carbocycles. The van der Waals surface area contributed by atoms with Crippen molar-refractivity contribution in [2.45, 2.75) is 38.4 Å². The number of benzene rings is 1. The number of urea groups is 1. The van der Waals surface area contributed by atoms with Gasteiger partial charge in [0, 0.05) is 18.0 Å². The zero-order chi connectivity index (χ0) is 19.1. The third-order valence-electron chi connectivity index (χ3n) is 4.71. The van der Waals surface area contributed by atoms with Crippen LogP contribution in [0.2, 0.25) is 0 Å². The Morgan fingerprint density at radius 3 is 2.44 bits per heavy atom. The highest BCUT2D eigenvalue weighted by Crippen LogP contribution is 2.22. The zero-order valence-electron chi connectivity index (χ0n) is 15.3. The van der Waals surface area contributed by atoms with Crippen LogP contribution in [0, 0.1) is 0 Å². The summed E-state index contributed by atoms with van der Waals surface area (Å²) in [5.41, 5.74) is 7.59. The molecule has 1 aromatic heterocycles. The van der Waals surface area contributed by atoms with Crippen molar-refractivity contribution in [3.8, 4) is 0 Å². The van der Waals surface area contributed by atoms with Crippen molar-refractivity contribution in [3.63, 3.8) is 0 Å². The first-order valence-corrected chi connectivity index (χ1v) is 10.1. The number of nitrogens with two attached hydrogens (primary N) is 1. The lowest BCUT2D eigenvalue weighted by Crippen LogP contribution is -2.36. The van der Waals surface area contributed by atoms with Gasteiger partial charge in [-0.25, -0.2) is 4.79 Å². The van der Waals surface area contributed by atoms with Gasteiger partial charge in [0.2, 0.25) is 5.91 Å². The number of nitrogens with zero attached hydrogens (tertiary/aromatic N) is 1. The Labute approximate surface area is 163 Å². The number of hydrogen-bond acceptors (Lipinski definition) is 4. The summed E-state index contributed by atoms with van der Waals surface area (Å²) in [6.45, 7) is 3.83. The predicted octanol–water partition coefficient (Wildman–Crippen LogP) is 2.76. The van der Waals surface area contributed by atoms with Crippen LogP contribution < -0.4 is 16.4 Å². The number of amides is 3. The molecule has 0 radical (unpaired) electrons. The molecule has 2 aromatic rings. The standard InChI is InChI=1S/C20H26N4O2S/c21-20(26)23-17(18-4-3-11-27-18)12-19(25)22-13-15-5-7-16(8-6-15)14-24-9-1-2-10-24/h3-8,11,17H,1-2,9-10,12-14H2,(H,22,25)(H3,21,23,26). The maximum Gasteiger partial charge on any atom is 0.312 e. The van der Waals surface area contributed by atoms with Crippen LogP contribution >= 0.6 is 11.3 Å². The molecule has 3 amide bonds. The Morgan fingerprint density at radius 1 is 1.11 bits per heavy atom. The molecule has 7 heteroatoms. The Hall–Kier alpha value is -2.38. The van der Waals surface area contributed by atoms with Crippen molar-refractivity contribution in [3.05, 3.63) is 57.8 Å². The average molecular weight is 387 g/mol. The van der Waals surface area contributed by atoms with Crippen molar-refractivity contribution in [2.75, 3.05) is 13.1 Å². The first-order chi connectivity index (χ1) is 13.1. The first-order valence-electron chi connectivity index (χ1n) is 9.26. The predicted molar refractivity (Wildman–Crippen MR) is 107 cm³/mol. The van der Waals surface area contributed by atoms with Gasteiger partial charge in [0.25, 0.3) is 0 Å². The largest absolute Gasteiger partial charge is 0.352 e. The van der Waals surface area contributed by atoms with Gasteiger partial charge in [0.15, 0.2) is 0 Å². The molecule has 1 unspecified atom stereocenters. The number of nitrogens with one attached hydrogen (secondary N) is 2. The van der Waals surface area contributed by atoms with Gasteiger partial charge in [-0.05, 0) is 48.5 Å². The molecule has 2 heterocycles. The summed E-state index contributed by atoms with van der Waals surface area (Å²) in [6, 6.07) is 11.1. The Balaban J connectivity index is 1.48. The summed E-state index contributed by atoms with van der Waals surface area (Å²) < 4.78 is 0. The molecule has 1 atom stereocenters. The summed E-state index contributed by atoms with van der Waals surface area (Å²) in [5.74, 6) is -0.122. The number of primary amides is 1. The summed E-state index contributed by atoms with van der Waals surface area (Å²) in [7, 11) is 0. The quantitative estimate of drug-likeness (QED) is 0.652. The number of carbonyl (C=O) groups is 2. The SMILES string of the molecule is NC(=O)NC(CC(=O)NCc1ccc(CN2CCCC2)cc1)c1cccs1. The molecule has 144 valence electrons. The fraction of sp³-hybridized carbons (Fsp3) is 0.400. The fourth-order valence-corrected chi connectivity index (χ4v) is 4.08. The number of thiophene rings is 1. The van der Waals surface area contributed by atoms with Crippen molar-refractivity contribution in [1.82, 2.24) is 15.5 Å². The van der Waals surface area contributed by atoms with Gasteiger partial charge >= 0.3 is 6.03 Å². The maximum atomic E-state index is 12.3. The minimum Gasteiger partial charge on any atom is -0.352 e. The molecule has 27 heavy (non-hydrogen) atoms. The summed E-state index contributed by atoms with van der Waals surface area (Å²) in [5, 5.41) is 7.47. The number of hydrogen-bond donors (Lipinski definition) is 3. The second kappa shape index (κ2) is 9.53. The van der Waals surface area contributed by atoms with Crippen LogP contribution in [0.25, 0.3) is 0 Å². The Morgan fingerprint density at radius 2 is 1.81 bits per heavy atom. The minimum atomic E-state index is -0.630. The van der Waals surface area contributed by atoms with E-state index in [9.17, 15) is 9.59 Å². The average Bonchev–Trinajstić information content (AvgIpc) is 3.34. The third kappa shape index (κ3) is 6.08. The Kier molecular flexibility index (Phi) is 6.84. The Bertz CT molecular complexity index is 740. The van der Waals surface area contributed by atoms with E-state index in [2.05, 4.69) is 39.8 Å². The van der Waals surface area contributed by atoms with E-state index in [0.717, 1.165) is 17.0 Å². The third-order valence-corrected chi connectivity index (χ3v) is 5.70. The molecular weight excluding hydrogens is 360 g/mol. The smallest absolute Gasteiger partial charge is 0.312 e. The normalized spacial score (nSPS) is 15.4. The number of rotatable bonds is 8. The molecule has 1 saturated heterocycles. The molecular formula is C20H26N4O2S. The van der Waals surface area contributed by atoms with Gasteiger partial charge < -0.3 is 16.4 Å². The van der Waals surface area contributed by atoms with Gasteiger partial charge in [-0.3, -0.25) is 9.69 Å². The van der Waals surface area contributed by atoms with Gasteiger partial charge in [-0.1, -0.05) is 30.3 Å². The molecule has 4 N–H and O–H groups in total. The highest BCUT2D eigenvalue weighted by molar-refractivity contribution is 7.10. The number of carbonyl (C=O) groups excluding carboxylic acids is 2. The van der Waals surface area contributed by atoms with Gasteiger partial charge in [0.05, 0.1) is 12.5 Å².